The van der Waals surface area contributed by atoms with Crippen LogP contribution in [0.15, 0.2) is 72.8 Å². The summed E-state index contributed by atoms with van der Waals surface area (Å²) in [5.41, 5.74) is 4.85. The number of hydrogen-bond acceptors (Lipinski definition) is 1. The van der Waals surface area contributed by atoms with E-state index in [0.717, 1.165) is 9.41 Å². The van der Waals surface area contributed by atoms with Crippen molar-refractivity contribution in [3.8, 4) is 11.1 Å². The molecule has 0 radical (unpaired) electrons. The van der Waals surface area contributed by atoms with Crippen LogP contribution in [-0.2, 0) is 0 Å². The SMILES string of the molecule is c1ccc2c(-c3c([As](C4CCCCC4)C4CCCCC4)ccc4ccccc34)c(N(C3CCCCC3)C3CCCCC3)ccc2c1. The zero-order valence-corrected chi connectivity index (χ0v) is 30.2. The Hall–Kier alpha value is -2.24. The normalized spacial score (nSPS) is 21.3. The van der Waals surface area contributed by atoms with Crippen LogP contribution in [0.4, 0.5) is 5.69 Å². The fourth-order valence-electron chi connectivity index (χ4n) is 10.3. The molecule has 8 rings (SSSR count). The summed E-state index contributed by atoms with van der Waals surface area (Å²) in [6.45, 7) is 0. The van der Waals surface area contributed by atoms with Crippen molar-refractivity contribution < 1.29 is 0 Å². The Morgan fingerprint density at radius 1 is 0.413 bits per heavy atom. The van der Waals surface area contributed by atoms with Crippen LogP contribution in [-0.4, -0.2) is 26.7 Å². The van der Waals surface area contributed by atoms with E-state index in [0.29, 0.717) is 12.1 Å². The summed E-state index contributed by atoms with van der Waals surface area (Å²) >= 11 is -1.39. The van der Waals surface area contributed by atoms with E-state index in [1.807, 2.05) is 4.35 Å². The molecule has 4 fully saturated rings. The van der Waals surface area contributed by atoms with E-state index in [1.165, 1.54) is 150 Å². The number of benzene rings is 4. The van der Waals surface area contributed by atoms with Crippen LogP contribution in [0.25, 0.3) is 32.7 Å². The Morgan fingerprint density at radius 2 is 0.848 bits per heavy atom. The van der Waals surface area contributed by atoms with Gasteiger partial charge in [0.25, 0.3) is 0 Å². The van der Waals surface area contributed by atoms with E-state index in [2.05, 4.69) is 77.7 Å². The van der Waals surface area contributed by atoms with E-state index < -0.39 is 14.7 Å². The van der Waals surface area contributed by atoms with Gasteiger partial charge in [0, 0.05) is 0 Å². The fourth-order valence-corrected chi connectivity index (χ4v) is 18.6. The first-order valence-corrected chi connectivity index (χ1v) is 22.6. The van der Waals surface area contributed by atoms with Gasteiger partial charge in [0.15, 0.2) is 0 Å². The molecular formula is C44H56AsN. The molecule has 0 N–H and O–H groups in total. The third-order valence-electron chi connectivity index (χ3n) is 12.5. The first-order chi connectivity index (χ1) is 22.9. The molecule has 0 amide bonds. The van der Waals surface area contributed by atoms with Crippen molar-refractivity contribution >= 4 is 46.2 Å². The molecule has 4 saturated carbocycles. The molecule has 4 aromatic rings. The van der Waals surface area contributed by atoms with Crippen LogP contribution >= 0.6 is 0 Å². The Kier molecular flexibility index (Phi) is 9.77. The minimum absolute atomic E-state index is 0.681. The predicted molar refractivity (Wildman–Crippen MR) is 202 cm³/mol. The van der Waals surface area contributed by atoms with Gasteiger partial charge in [0.05, 0.1) is 0 Å². The zero-order valence-electron chi connectivity index (χ0n) is 28.3. The molecule has 1 nitrogen and oxygen atoms in total. The number of anilines is 1. The Labute approximate surface area is 283 Å². The van der Waals surface area contributed by atoms with Crippen molar-refractivity contribution in [2.45, 2.75) is 150 Å². The van der Waals surface area contributed by atoms with Crippen LogP contribution in [0.5, 0.6) is 0 Å². The van der Waals surface area contributed by atoms with Gasteiger partial charge in [0.2, 0.25) is 0 Å². The average molecular weight is 674 g/mol. The first-order valence-electron chi connectivity index (χ1n) is 19.5. The second kappa shape index (κ2) is 14.5. The monoisotopic (exact) mass is 673 g/mol. The van der Waals surface area contributed by atoms with E-state index in [1.54, 1.807) is 16.8 Å². The van der Waals surface area contributed by atoms with E-state index in [-0.39, 0.29) is 0 Å². The summed E-state index contributed by atoms with van der Waals surface area (Å²) in [6.07, 6.45) is 28.6. The third kappa shape index (κ3) is 6.20. The number of nitrogens with zero attached hydrogens (tertiary/aromatic N) is 1. The Bertz CT molecular complexity index is 1440. The van der Waals surface area contributed by atoms with Gasteiger partial charge in [-0.15, -0.1) is 0 Å². The second-order valence-corrected chi connectivity index (χ2v) is 21.1. The van der Waals surface area contributed by atoms with Crippen LogP contribution in [0.2, 0.25) is 9.41 Å². The molecule has 0 unspecified atom stereocenters. The predicted octanol–water partition coefficient (Wildman–Crippen LogP) is 12.5. The Balaban J connectivity index is 1.41. The standard InChI is InChI=1S/C44H56AsN/c1-5-19-35(20-6-1)45(36-21-7-2-8-22-36)41-31-29-33-17-13-15-27-39(33)43(41)44-40-28-16-14-18-34(40)30-32-42(44)46(37-23-9-3-10-24-37)38-25-11-4-12-26-38/h13-18,27-32,35-38H,1-12,19-26H2. The average Bonchev–Trinajstić information content (AvgIpc) is 3.14. The summed E-state index contributed by atoms with van der Waals surface area (Å²) in [7, 11) is 0. The van der Waals surface area contributed by atoms with Crippen molar-refractivity contribution in [1.82, 2.24) is 0 Å². The Morgan fingerprint density at radius 3 is 1.37 bits per heavy atom. The fraction of sp³-hybridized carbons (Fsp3) is 0.545. The van der Waals surface area contributed by atoms with Crippen molar-refractivity contribution in [1.29, 1.82) is 0 Å². The molecule has 242 valence electrons. The molecule has 0 bridgehead atoms. The van der Waals surface area contributed by atoms with E-state index >= 15 is 0 Å². The van der Waals surface area contributed by atoms with Gasteiger partial charge in [-0.25, -0.2) is 0 Å². The summed E-state index contributed by atoms with van der Waals surface area (Å²) in [4.78, 5) is 3.06. The number of hydrogen-bond donors (Lipinski definition) is 0. The molecule has 0 aliphatic heterocycles. The molecule has 0 saturated heterocycles. The molecule has 0 atom stereocenters. The first kappa shape index (κ1) is 31.1. The number of rotatable bonds is 7. The van der Waals surface area contributed by atoms with Gasteiger partial charge < -0.3 is 0 Å². The van der Waals surface area contributed by atoms with Crippen molar-refractivity contribution in [3.63, 3.8) is 0 Å². The van der Waals surface area contributed by atoms with Crippen molar-refractivity contribution in [2.75, 3.05) is 4.90 Å². The molecule has 2 heteroatoms. The zero-order chi connectivity index (χ0) is 30.7. The van der Waals surface area contributed by atoms with Crippen LogP contribution in [0, 0.1) is 0 Å². The molecule has 4 aromatic carbocycles. The van der Waals surface area contributed by atoms with E-state index in [9.17, 15) is 0 Å². The quantitative estimate of drug-likeness (QED) is 0.177. The summed E-state index contributed by atoms with van der Waals surface area (Å²) < 4.78 is 3.78. The minimum atomic E-state index is -1.39. The van der Waals surface area contributed by atoms with Gasteiger partial charge >= 0.3 is 285 Å². The summed E-state index contributed by atoms with van der Waals surface area (Å²) in [5.74, 6) is 0. The maximum atomic E-state index is 3.06. The van der Waals surface area contributed by atoms with Crippen LogP contribution < -0.4 is 9.25 Å². The third-order valence-corrected chi connectivity index (χ3v) is 19.9. The molecular weight excluding hydrogens is 617 g/mol. The van der Waals surface area contributed by atoms with Crippen LogP contribution in [0.3, 0.4) is 0 Å². The molecule has 4 aliphatic rings. The van der Waals surface area contributed by atoms with Crippen LogP contribution in [0.1, 0.15) is 128 Å². The topological polar surface area (TPSA) is 3.24 Å². The van der Waals surface area contributed by atoms with Gasteiger partial charge in [0.1, 0.15) is 0 Å². The van der Waals surface area contributed by atoms with Gasteiger partial charge in [-0.2, -0.15) is 0 Å². The molecule has 0 heterocycles. The van der Waals surface area contributed by atoms with Gasteiger partial charge in [-0.05, 0) is 0 Å². The maximum absolute atomic E-state index is 3.06. The molecule has 0 spiro atoms. The summed E-state index contributed by atoms with van der Waals surface area (Å²) in [5, 5.41) is 5.87. The van der Waals surface area contributed by atoms with Crippen molar-refractivity contribution in [3.05, 3.63) is 72.8 Å². The van der Waals surface area contributed by atoms with E-state index in [4.69, 9.17) is 0 Å². The number of fused-ring (bicyclic) bond motifs is 2. The van der Waals surface area contributed by atoms with Gasteiger partial charge in [-0.3, -0.25) is 0 Å². The molecule has 4 aliphatic carbocycles. The molecule has 46 heavy (non-hydrogen) atoms. The summed E-state index contributed by atoms with van der Waals surface area (Å²) in [6, 6.07) is 30.6. The second-order valence-electron chi connectivity index (χ2n) is 15.3. The molecule has 0 aromatic heterocycles. The van der Waals surface area contributed by atoms with Crippen molar-refractivity contribution in [2.24, 2.45) is 0 Å². The van der Waals surface area contributed by atoms with Gasteiger partial charge in [-0.1, -0.05) is 0 Å².